The highest BCUT2D eigenvalue weighted by atomic mass is 35.5. The summed E-state index contributed by atoms with van der Waals surface area (Å²) in [5, 5.41) is 10.5. The number of aryl methyl sites for hydroxylation is 2. The van der Waals surface area contributed by atoms with Crippen LogP contribution in [0.25, 0.3) is 5.69 Å². The summed E-state index contributed by atoms with van der Waals surface area (Å²) in [6, 6.07) is 9.54. The molecule has 0 bridgehead atoms. The number of rotatable bonds is 3. The molecule has 27 heavy (non-hydrogen) atoms. The van der Waals surface area contributed by atoms with Crippen molar-refractivity contribution in [2.24, 2.45) is 4.99 Å². The van der Waals surface area contributed by atoms with Gasteiger partial charge in [0.25, 0.3) is 5.56 Å². The van der Waals surface area contributed by atoms with Gasteiger partial charge in [-0.25, -0.2) is 4.39 Å². The number of aliphatic imine (C=N–C) groups is 1. The normalized spacial score (nSPS) is 11.3. The molecule has 0 atom stereocenters. The van der Waals surface area contributed by atoms with Crippen molar-refractivity contribution in [2.75, 3.05) is 0 Å². The smallest absolute Gasteiger partial charge is 0.264 e. The Kier molecular flexibility index (Phi) is 5.25. The molecule has 0 aliphatic heterocycles. The lowest BCUT2D eigenvalue weighted by Crippen LogP contribution is -2.18. The third-order valence-electron chi connectivity index (χ3n) is 3.83. The summed E-state index contributed by atoms with van der Waals surface area (Å²) in [4.78, 5) is 19.0. The van der Waals surface area contributed by atoms with Crippen LogP contribution < -0.4 is 5.56 Å². The molecule has 3 aromatic rings. The third kappa shape index (κ3) is 3.99. The van der Waals surface area contributed by atoms with E-state index in [1.54, 1.807) is 0 Å². The van der Waals surface area contributed by atoms with Crippen LogP contribution in [-0.4, -0.2) is 20.9 Å². The molecule has 5 nitrogen and oxygen atoms in total. The summed E-state index contributed by atoms with van der Waals surface area (Å²) in [6.07, 6.45) is 1.26. The number of nitrogens with zero attached hydrogens (tertiary/aromatic N) is 2. The molecule has 0 aliphatic carbocycles. The maximum absolute atomic E-state index is 13.4. The zero-order chi connectivity index (χ0) is 19.7. The van der Waals surface area contributed by atoms with Crippen LogP contribution in [0.4, 0.5) is 10.1 Å². The molecular formula is C19H15ClFN3O2S. The van der Waals surface area contributed by atoms with E-state index in [-0.39, 0.29) is 15.4 Å². The van der Waals surface area contributed by atoms with Crippen molar-refractivity contribution in [3.8, 4) is 11.6 Å². The van der Waals surface area contributed by atoms with E-state index in [0.29, 0.717) is 11.4 Å². The maximum atomic E-state index is 13.4. The fourth-order valence-corrected chi connectivity index (χ4v) is 3.14. The van der Waals surface area contributed by atoms with E-state index in [1.807, 2.05) is 32.0 Å². The number of aromatic nitrogens is 2. The van der Waals surface area contributed by atoms with E-state index in [0.717, 1.165) is 17.2 Å². The van der Waals surface area contributed by atoms with Gasteiger partial charge in [-0.05, 0) is 67.5 Å². The molecule has 2 aromatic carbocycles. The summed E-state index contributed by atoms with van der Waals surface area (Å²) in [5.41, 5.74) is 2.33. The van der Waals surface area contributed by atoms with Gasteiger partial charge in [-0.3, -0.25) is 19.3 Å². The first-order valence-corrected chi connectivity index (χ1v) is 8.71. The number of nitrogens with one attached hydrogen (secondary N) is 1. The minimum Gasteiger partial charge on any atom is -0.494 e. The van der Waals surface area contributed by atoms with E-state index in [1.165, 1.54) is 22.9 Å². The van der Waals surface area contributed by atoms with Crippen LogP contribution in [0.1, 0.15) is 16.7 Å². The summed E-state index contributed by atoms with van der Waals surface area (Å²) < 4.78 is 14.6. The lowest BCUT2D eigenvalue weighted by Gasteiger charge is -2.11. The Morgan fingerprint density at radius 2 is 1.89 bits per heavy atom. The van der Waals surface area contributed by atoms with Crippen molar-refractivity contribution < 1.29 is 9.50 Å². The van der Waals surface area contributed by atoms with Gasteiger partial charge in [0.1, 0.15) is 11.4 Å². The van der Waals surface area contributed by atoms with Crippen LogP contribution in [0.2, 0.25) is 5.02 Å². The van der Waals surface area contributed by atoms with E-state index < -0.39 is 17.3 Å². The molecule has 138 valence electrons. The minimum atomic E-state index is -0.604. The molecule has 1 heterocycles. The molecule has 2 N–H and O–H groups in total. The first kappa shape index (κ1) is 19.0. The molecule has 0 radical (unpaired) electrons. The van der Waals surface area contributed by atoms with Crippen LogP contribution in [0, 0.1) is 24.4 Å². The Morgan fingerprint density at radius 3 is 2.52 bits per heavy atom. The number of H-pyrrole nitrogens is 1. The fourth-order valence-electron chi connectivity index (χ4n) is 2.68. The van der Waals surface area contributed by atoms with E-state index in [4.69, 9.17) is 23.8 Å². The van der Waals surface area contributed by atoms with Crippen LogP contribution in [-0.2, 0) is 0 Å². The fraction of sp³-hybridized carbons (Fsp3) is 0.105. The molecule has 1 aromatic heterocycles. The van der Waals surface area contributed by atoms with E-state index in [9.17, 15) is 14.3 Å². The number of halogens is 2. The SMILES string of the molecule is Cc1cc(C)cc(N=Cc2c(O)n(-c3ccc(F)c(Cl)c3)c(=S)[nH]c2=O)c1. The van der Waals surface area contributed by atoms with Crippen molar-refractivity contribution in [2.45, 2.75) is 13.8 Å². The summed E-state index contributed by atoms with van der Waals surface area (Å²) >= 11 is 10.9. The average molecular weight is 404 g/mol. The average Bonchev–Trinajstić information content (AvgIpc) is 2.56. The second-order valence-electron chi connectivity index (χ2n) is 6.03. The number of hydrogen-bond donors (Lipinski definition) is 2. The van der Waals surface area contributed by atoms with Gasteiger partial charge in [0.2, 0.25) is 5.88 Å². The second-order valence-corrected chi connectivity index (χ2v) is 6.83. The minimum absolute atomic E-state index is 0.0521. The van der Waals surface area contributed by atoms with Crippen molar-refractivity contribution in [3.05, 3.63) is 79.1 Å². The highest BCUT2D eigenvalue weighted by Gasteiger charge is 2.14. The zero-order valence-corrected chi connectivity index (χ0v) is 16.0. The molecule has 0 spiro atoms. The Bertz CT molecular complexity index is 1160. The quantitative estimate of drug-likeness (QED) is 0.489. The van der Waals surface area contributed by atoms with Crippen molar-refractivity contribution >= 4 is 35.7 Å². The lowest BCUT2D eigenvalue weighted by molar-refractivity contribution is 0.432. The largest absolute Gasteiger partial charge is 0.494 e. The Hall–Kier alpha value is -2.77. The van der Waals surface area contributed by atoms with Crippen LogP contribution in [0.15, 0.2) is 46.2 Å². The van der Waals surface area contributed by atoms with Gasteiger partial charge in [-0.1, -0.05) is 17.7 Å². The van der Waals surface area contributed by atoms with E-state index >= 15 is 0 Å². The first-order valence-electron chi connectivity index (χ1n) is 7.92. The molecule has 0 fully saturated rings. The first-order chi connectivity index (χ1) is 12.8. The van der Waals surface area contributed by atoms with Crippen LogP contribution in [0.3, 0.4) is 0 Å². The van der Waals surface area contributed by atoms with Gasteiger partial charge < -0.3 is 5.11 Å². The summed E-state index contributed by atoms with van der Waals surface area (Å²) in [6.45, 7) is 3.88. The van der Waals surface area contributed by atoms with Gasteiger partial charge in [0, 0.05) is 6.21 Å². The maximum Gasteiger partial charge on any atom is 0.264 e. The Labute approximate surface area is 164 Å². The number of benzene rings is 2. The molecule has 0 saturated carbocycles. The van der Waals surface area contributed by atoms with Gasteiger partial charge >= 0.3 is 0 Å². The topological polar surface area (TPSA) is 70.4 Å². The summed E-state index contributed by atoms with van der Waals surface area (Å²) in [5.74, 6) is -1.02. The van der Waals surface area contributed by atoms with Gasteiger partial charge in [-0.2, -0.15) is 0 Å². The van der Waals surface area contributed by atoms with Crippen molar-refractivity contribution in [1.29, 1.82) is 0 Å². The second kappa shape index (κ2) is 7.46. The van der Waals surface area contributed by atoms with Gasteiger partial charge in [-0.15, -0.1) is 0 Å². The molecule has 8 heteroatoms. The monoisotopic (exact) mass is 403 g/mol. The Morgan fingerprint density at radius 1 is 1.22 bits per heavy atom. The molecular weight excluding hydrogens is 389 g/mol. The molecule has 0 aliphatic rings. The van der Waals surface area contributed by atoms with Crippen molar-refractivity contribution in [3.63, 3.8) is 0 Å². The molecule has 0 saturated heterocycles. The van der Waals surface area contributed by atoms with Gasteiger partial charge in [0.05, 0.1) is 16.4 Å². The van der Waals surface area contributed by atoms with Crippen LogP contribution in [0.5, 0.6) is 5.88 Å². The molecule has 3 rings (SSSR count). The van der Waals surface area contributed by atoms with Crippen LogP contribution >= 0.6 is 23.8 Å². The number of hydrogen-bond acceptors (Lipinski definition) is 4. The lowest BCUT2D eigenvalue weighted by atomic mass is 10.1. The third-order valence-corrected chi connectivity index (χ3v) is 4.41. The number of aromatic amines is 1. The predicted octanol–water partition coefficient (Wildman–Crippen LogP) is 4.76. The number of aromatic hydroxyl groups is 1. The zero-order valence-electron chi connectivity index (χ0n) is 14.5. The molecule has 0 unspecified atom stereocenters. The highest BCUT2D eigenvalue weighted by Crippen LogP contribution is 2.24. The standard InChI is InChI=1S/C19H15ClFN3O2S/c1-10-5-11(2)7-12(6-10)22-9-14-17(25)23-19(27)24(18(14)26)13-3-4-16(21)15(20)8-13/h3-9,26H,1-2H3,(H,23,25,27). The summed E-state index contributed by atoms with van der Waals surface area (Å²) in [7, 11) is 0. The van der Waals surface area contributed by atoms with E-state index in [2.05, 4.69) is 9.98 Å². The van der Waals surface area contributed by atoms with Crippen molar-refractivity contribution in [1.82, 2.24) is 9.55 Å². The Balaban J connectivity index is 2.14. The van der Waals surface area contributed by atoms with Gasteiger partial charge in [0.15, 0.2) is 4.77 Å². The predicted molar refractivity (Wildman–Crippen MR) is 107 cm³/mol. The molecule has 0 amide bonds. The highest BCUT2D eigenvalue weighted by molar-refractivity contribution is 7.71.